The molecular weight excluding hydrogens is 591 g/mol. The first-order chi connectivity index (χ1) is 17.2. The molecule has 0 radical (unpaired) electrons. The van der Waals surface area contributed by atoms with Gasteiger partial charge in [-0.15, -0.1) is 0 Å². The lowest BCUT2D eigenvalue weighted by molar-refractivity contribution is -0.145. The van der Waals surface area contributed by atoms with E-state index in [1.807, 2.05) is 56.3 Å². The van der Waals surface area contributed by atoms with E-state index in [0.29, 0.717) is 47.2 Å². The first-order valence-corrected chi connectivity index (χ1v) is 13.7. The highest BCUT2D eigenvalue weighted by Gasteiger charge is 2.34. The number of ether oxygens (including phenoxy) is 3. The highest BCUT2D eigenvalue weighted by molar-refractivity contribution is 14.1. The molecule has 0 spiro atoms. The number of benzene rings is 2. The van der Waals surface area contributed by atoms with Crippen molar-refractivity contribution in [1.82, 2.24) is 4.90 Å². The Morgan fingerprint density at radius 2 is 1.86 bits per heavy atom. The molecule has 1 amide bonds. The van der Waals surface area contributed by atoms with Gasteiger partial charge in [-0.1, -0.05) is 31.5 Å². The van der Waals surface area contributed by atoms with Crippen LogP contribution in [-0.2, 0) is 14.3 Å². The minimum Gasteiger partial charge on any atom is -0.490 e. The Balaban J connectivity index is 1.93. The molecule has 0 N–H and O–H groups in total. The first kappa shape index (κ1) is 28.0. The molecule has 1 aliphatic rings. The average Bonchev–Trinajstić information content (AvgIpc) is 3.08. The number of aryl methyl sites for hydroxylation is 1. The third-order valence-corrected chi connectivity index (χ3v) is 6.77. The summed E-state index contributed by atoms with van der Waals surface area (Å²) in [5.41, 5.74) is 2.76. The molecule has 0 atom stereocenters. The molecule has 2 aromatic rings. The van der Waals surface area contributed by atoms with E-state index in [4.69, 9.17) is 19.2 Å². The van der Waals surface area contributed by atoms with Gasteiger partial charge in [-0.05, 0) is 96.9 Å². The maximum Gasteiger partial charge on any atom is 0.344 e. The Labute approximate surface area is 230 Å². The number of hydrogen-bond acceptors (Lipinski definition) is 7. The van der Waals surface area contributed by atoms with Crippen LogP contribution in [0.5, 0.6) is 11.5 Å². The predicted octanol–water partition coefficient (Wildman–Crippen LogP) is 6.20. The van der Waals surface area contributed by atoms with Gasteiger partial charge in [0.2, 0.25) is 0 Å². The first-order valence-electron chi connectivity index (χ1n) is 11.8. The van der Waals surface area contributed by atoms with Crippen molar-refractivity contribution in [3.8, 4) is 11.5 Å². The van der Waals surface area contributed by atoms with Gasteiger partial charge in [0, 0.05) is 6.54 Å². The second-order valence-electron chi connectivity index (χ2n) is 8.51. The van der Waals surface area contributed by atoms with Gasteiger partial charge in [0.05, 0.1) is 27.4 Å². The number of halogens is 1. The van der Waals surface area contributed by atoms with Gasteiger partial charge in [0.15, 0.2) is 23.3 Å². The van der Waals surface area contributed by atoms with Crippen molar-refractivity contribution in [3.63, 3.8) is 0 Å². The van der Waals surface area contributed by atoms with Crippen LogP contribution in [0.1, 0.15) is 38.8 Å². The number of nitrogens with zero attached hydrogens (tertiary/aromatic N) is 2. The Hall–Kier alpha value is -2.53. The molecule has 7 nitrogen and oxygen atoms in total. The summed E-state index contributed by atoms with van der Waals surface area (Å²) < 4.78 is 17.2. The maximum absolute atomic E-state index is 13.3. The van der Waals surface area contributed by atoms with Crippen LogP contribution in [0.15, 0.2) is 46.3 Å². The van der Waals surface area contributed by atoms with Crippen molar-refractivity contribution in [2.24, 2.45) is 10.9 Å². The van der Waals surface area contributed by atoms with Crippen molar-refractivity contribution in [2.45, 2.75) is 34.6 Å². The number of hydrogen-bond donors (Lipinski definition) is 0. The molecule has 1 saturated heterocycles. The molecule has 36 heavy (non-hydrogen) atoms. The van der Waals surface area contributed by atoms with Crippen LogP contribution in [0.25, 0.3) is 6.08 Å². The molecule has 0 saturated carbocycles. The SMILES string of the molecule is CCOC(=O)COc1c(I)cc(/C=C2/SC(=Nc3ccc(C)cc3)N(CC(C)C)C2=O)cc1OCC. The monoisotopic (exact) mass is 622 g/mol. The number of rotatable bonds is 10. The zero-order valence-corrected chi connectivity index (χ0v) is 24.1. The van der Waals surface area contributed by atoms with Crippen molar-refractivity contribution >= 4 is 63.2 Å². The number of amides is 1. The quantitative estimate of drug-likeness (QED) is 0.179. The van der Waals surface area contributed by atoms with Crippen LogP contribution >= 0.6 is 34.4 Å². The fourth-order valence-electron chi connectivity index (χ4n) is 3.41. The van der Waals surface area contributed by atoms with Crippen molar-refractivity contribution in [3.05, 3.63) is 56.0 Å². The molecule has 0 bridgehead atoms. The molecule has 0 aliphatic carbocycles. The summed E-state index contributed by atoms with van der Waals surface area (Å²) in [5.74, 6) is 0.749. The van der Waals surface area contributed by atoms with Crippen LogP contribution in [0, 0.1) is 16.4 Å². The Morgan fingerprint density at radius 1 is 1.14 bits per heavy atom. The topological polar surface area (TPSA) is 77.4 Å². The van der Waals surface area contributed by atoms with Gasteiger partial charge in [-0.3, -0.25) is 9.69 Å². The van der Waals surface area contributed by atoms with Crippen LogP contribution in [0.2, 0.25) is 0 Å². The molecule has 9 heteroatoms. The number of carbonyl (C=O) groups excluding carboxylic acids is 2. The van der Waals surface area contributed by atoms with E-state index in [2.05, 4.69) is 36.4 Å². The Morgan fingerprint density at radius 3 is 2.50 bits per heavy atom. The lowest BCUT2D eigenvalue weighted by Gasteiger charge is -2.17. The zero-order valence-electron chi connectivity index (χ0n) is 21.2. The molecule has 2 aromatic carbocycles. The van der Waals surface area contributed by atoms with Crippen molar-refractivity contribution in [1.29, 1.82) is 0 Å². The summed E-state index contributed by atoms with van der Waals surface area (Å²) in [7, 11) is 0. The highest BCUT2D eigenvalue weighted by Crippen LogP contribution is 2.38. The predicted molar refractivity (Wildman–Crippen MR) is 153 cm³/mol. The third-order valence-electron chi connectivity index (χ3n) is 4.96. The van der Waals surface area contributed by atoms with Crippen LogP contribution in [0.4, 0.5) is 5.69 Å². The van der Waals surface area contributed by atoms with Crippen molar-refractivity contribution < 1.29 is 23.8 Å². The van der Waals surface area contributed by atoms with Crippen LogP contribution in [-0.4, -0.2) is 48.3 Å². The summed E-state index contributed by atoms with van der Waals surface area (Å²) in [6.45, 7) is 10.9. The second-order valence-corrected chi connectivity index (χ2v) is 10.7. The van der Waals surface area contributed by atoms with Gasteiger partial charge in [0.1, 0.15) is 0 Å². The Kier molecular flexibility index (Phi) is 10.2. The van der Waals surface area contributed by atoms with Crippen LogP contribution < -0.4 is 9.47 Å². The average molecular weight is 623 g/mol. The smallest absolute Gasteiger partial charge is 0.344 e. The van der Waals surface area contributed by atoms with E-state index in [1.54, 1.807) is 11.8 Å². The van der Waals surface area contributed by atoms with Gasteiger partial charge < -0.3 is 14.2 Å². The molecule has 1 heterocycles. The van der Waals surface area contributed by atoms with E-state index >= 15 is 0 Å². The Bertz CT molecular complexity index is 1160. The van der Waals surface area contributed by atoms with Gasteiger partial charge in [-0.2, -0.15) is 0 Å². The van der Waals surface area contributed by atoms with Crippen LogP contribution in [0.3, 0.4) is 0 Å². The van der Waals surface area contributed by atoms with Crippen molar-refractivity contribution in [2.75, 3.05) is 26.4 Å². The van der Waals surface area contributed by atoms with Gasteiger partial charge in [0.25, 0.3) is 5.91 Å². The number of thioether (sulfide) groups is 1. The van der Waals surface area contributed by atoms with E-state index < -0.39 is 5.97 Å². The fourth-order valence-corrected chi connectivity index (χ4v) is 5.20. The largest absolute Gasteiger partial charge is 0.490 e. The summed E-state index contributed by atoms with van der Waals surface area (Å²) in [6.07, 6.45) is 1.85. The standard InChI is InChI=1S/C27H31IN2O5S/c1-6-33-22-13-19(12-21(28)25(22)35-16-24(31)34-7-2)14-23-26(32)30(15-17(3)4)27(36-23)29-20-10-8-18(5)9-11-20/h8-14,17H,6-7,15-16H2,1-5H3/b23-14+,29-27?. The summed E-state index contributed by atoms with van der Waals surface area (Å²) in [5, 5.41) is 0.665. The maximum atomic E-state index is 13.3. The molecular formula is C27H31IN2O5S. The molecule has 3 rings (SSSR count). The van der Waals surface area contributed by atoms with E-state index in [1.165, 1.54) is 11.8 Å². The fraction of sp³-hybridized carbons (Fsp3) is 0.370. The summed E-state index contributed by atoms with van der Waals surface area (Å²) in [4.78, 5) is 32.2. The van der Waals surface area contributed by atoms with E-state index in [0.717, 1.165) is 20.4 Å². The second kappa shape index (κ2) is 13.1. The number of aliphatic imine (C=N–C) groups is 1. The molecule has 0 unspecified atom stereocenters. The minimum atomic E-state index is -0.444. The highest BCUT2D eigenvalue weighted by atomic mass is 127. The lowest BCUT2D eigenvalue weighted by Crippen LogP contribution is -2.32. The third kappa shape index (κ3) is 7.49. The normalized spacial score (nSPS) is 15.8. The zero-order chi connectivity index (χ0) is 26.2. The number of amidine groups is 1. The van der Waals surface area contributed by atoms with Gasteiger partial charge >= 0.3 is 5.97 Å². The van der Waals surface area contributed by atoms with E-state index in [9.17, 15) is 9.59 Å². The summed E-state index contributed by atoms with van der Waals surface area (Å²) in [6, 6.07) is 11.6. The molecule has 1 aliphatic heterocycles. The summed E-state index contributed by atoms with van der Waals surface area (Å²) >= 11 is 3.50. The minimum absolute atomic E-state index is 0.0739. The van der Waals surface area contributed by atoms with E-state index in [-0.39, 0.29) is 12.5 Å². The molecule has 0 aromatic heterocycles. The lowest BCUT2D eigenvalue weighted by atomic mass is 10.1. The van der Waals surface area contributed by atoms with Gasteiger partial charge in [-0.25, -0.2) is 9.79 Å². The number of carbonyl (C=O) groups is 2. The molecule has 1 fully saturated rings. The number of esters is 1. The molecule has 192 valence electrons.